The van der Waals surface area contributed by atoms with E-state index in [2.05, 4.69) is 16.3 Å². The molecule has 0 aromatic heterocycles. The average molecular weight is 183 g/mol. The number of nitrogens with zero attached hydrogens (tertiary/aromatic N) is 1. The fraction of sp³-hybridized carbons (Fsp3) is 0.250. The third-order valence-electron chi connectivity index (χ3n) is 1.54. The lowest BCUT2D eigenvalue weighted by atomic mass is 10.2. The summed E-state index contributed by atoms with van der Waals surface area (Å²) < 4.78 is 2.05. The van der Waals surface area contributed by atoms with Crippen molar-refractivity contribution in [3.63, 3.8) is 0 Å². The molecule has 0 radical (unpaired) electrons. The van der Waals surface area contributed by atoms with Gasteiger partial charge in [0, 0.05) is 12.7 Å². The zero-order chi connectivity index (χ0) is 8.97. The molecule has 3 N–H and O–H groups in total. The highest BCUT2D eigenvalue weighted by Crippen LogP contribution is 2.21. The van der Waals surface area contributed by atoms with E-state index in [0.717, 1.165) is 11.3 Å². The second-order valence-electron chi connectivity index (χ2n) is 2.50. The van der Waals surface area contributed by atoms with Gasteiger partial charge in [0.05, 0.1) is 6.54 Å². The number of nitrogens with one attached hydrogen (secondary N) is 1. The van der Waals surface area contributed by atoms with Gasteiger partial charge < -0.3 is 4.31 Å². The van der Waals surface area contributed by atoms with E-state index in [1.165, 1.54) is 0 Å². The van der Waals surface area contributed by atoms with Crippen molar-refractivity contribution < 1.29 is 0 Å². The summed E-state index contributed by atoms with van der Waals surface area (Å²) in [6.45, 7) is 4.53. The smallest absolute Gasteiger partial charge is 0.0507 e. The highest BCUT2D eigenvalue weighted by atomic mass is 32.2. The molecular formula is C8H13N3S. The van der Waals surface area contributed by atoms with Crippen molar-refractivity contribution in [3.05, 3.63) is 35.4 Å². The molecule has 4 heteroatoms. The molecule has 1 aliphatic heterocycles. The molecule has 0 aromatic carbocycles. The molecule has 0 fully saturated rings. The van der Waals surface area contributed by atoms with Crippen LogP contribution in [-0.2, 0) is 0 Å². The largest absolute Gasteiger partial charge is 0.318 e. The van der Waals surface area contributed by atoms with E-state index in [1.54, 1.807) is 11.9 Å². The normalized spacial score (nSPS) is 17.7. The third-order valence-corrected chi connectivity index (χ3v) is 2.35. The number of hydrogen-bond donors (Lipinski definition) is 2. The summed E-state index contributed by atoms with van der Waals surface area (Å²) in [5.41, 5.74) is 4.74. The lowest BCUT2D eigenvalue weighted by molar-refractivity contribution is 0.634. The predicted octanol–water partition coefficient (Wildman–Crippen LogP) is 0.997. The molecule has 0 amide bonds. The van der Waals surface area contributed by atoms with Crippen LogP contribution in [0.25, 0.3) is 0 Å². The van der Waals surface area contributed by atoms with E-state index < -0.39 is 0 Å². The first-order chi connectivity index (χ1) is 5.74. The highest BCUT2D eigenvalue weighted by molar-refractivity contribution is 8.00. The summed E-state index contributed by atoms with van der Waals surface area (Å²) in [5, 5.41) is 2.00. The van der Waals surface area contributed by atoms with Crippen molar-refractivity contribution in [2.75, 3.05) is 13.6 Å². The van der Waals surface area contributed by atoms with Gasteiger partial charge in [-0.1, -0.05) is 6.58 Å². The monoisotopic (exact) mass is 183 g/mol. The second kappa shape index (κ2) is 4.35. The molecule has 0 aromatic rings. The molecule has 0 saturated carbocycles. The second-order valence-corrected chi connectivity index (χ2v) is 3.53. The standard InChI is InChI=1S/C8H13N3S/c1-7-3-4-12-11(2)8(5-7)6-10-9/h3-5,10H,1,6,9H2,2H3. The maximum Gasteiger partial charge on any atom is 0.0507 e. The third kappa shape index (κ3) is 2.41. The Morgan fingerprint density at radius 2 is 2.50 bits per heavy atom. The van der Waals surface area contributed by atoms with E-state index in [0.29, 0.717) is 6.54 Å². The Bertz CT molecular complexity index is 232. The van der Waals surface area contributed by atoms with E-state index in [-0.39, 0.29) is 0 Å². The summed E-state index contributed by atoms with van der Waals surface area (Å²) >= 11 is 1.62. The first kappa shape index (κ1) is 9.38. The van der Waals surface area contributed by atoms with E-state index in [4.69, 9.17) is 5.84 Å². The molecule has 1 rings (SSSR count). The zero-order valence-corrected chi connectivity index (χ0v) is 7.90. The van der Waals surface area contributed by atoms with Crippen LogP contribution in [0.15, 0.2) is 35.4 Å². The summed E-state index contributed by atoms with van der Waals surface area (Å²) in [5.74, 6) is 5.24. The lowest BCUT2D eigenvalue weighted by Gasteiger charge is -2.17. The fourth-order valence-corrected chi connectivity index (χ4v) is 1.57. The molecule has 0 saturated heterocycles. The Hall–Kier alpha value is -0.710. The average Bonchev–Trinajstić information content (AvgIpc) is 2.16. The minimum absolute atomic E-state index is 0.657. The van der Waals surface area contributed by atoms with Gasteiger partial charge in [0.1, 0.15) is 0 Å². The van der Waals surface area contributed by atoms with Crippen molar-refractivity contribution in [2.45, 2.75) is 0 Å². The van der Waals surface area contributed by atoms with Gasteiger partial charge in [-0.15, -0.1) is 0 Å². The molecular weight excluding hydrogens is 170 g/mol. The molecule has 66 valence electrons. The van der Waals surface area contributed by atoms with Crippen LogP contribution < -0.4 is 11.3 Å². The minimum Gasteiger partial charge on any atom is -0.318 e. The van der Waals surface area contributed by atoms with Gasteiger partial charge in [-0.05, 0) is 35.1 Å². The summed E-state index contributed by atoms with van der Waals surface area (Å²) in [4.78, 5) is 0. The molecule has 0 aliphatic carbocycles. The molecule has 0 bridgehead atoms. The summed E-state index contributed by atoms with van der Waals surface area (Å²) in [6.07, 6.45) is 3.99. The number of nitrogens with two attached hydrogens (primary N) is 1. The maximum atomic E-state index is 5.24. The van der Waals surface area contributed by atoms with Crippen LogP contribution in [0.4, 0.5) is 0 Å². The van der Waals surface area contributed by atoms with Gasteiger partial charge >= 0.3 is 0 Å². The van der Waals surface area contributed by atoms with Gasteiger partial charge in [0.2, 0.25) is 0 Å². The number of hydrogen-bond acceptors (Lipinski definition) is 4. The van der Waals surface area contributed by atoms with Crippen LogP contribution in [0.2, 0.25) is 0 Å². The Morgan fingerprint density at radius 1 is 1.75 bits per heavy atom. The SMILES string of the molecule is C=C1C=CSN(C)C(CNN)=C1. The number of rotatable bonds is 2. The minimum atomic E-state index is 0.657. The van der Waals surface area contributed by atoms with Crippen molar-refractivity contribution in [1.82, 2.24) is 9.73 Å². The van der Waals surface area contributed by atoms with Crippen molar-refractivity contribution >= 4 is 11.9 Å². The summed E-state index contributed by atoms with van der Waals surface area (Å²) in [6, 6.07) is 0. The van der Waals surface area contributed by atoms with Crippen LogP contribution in [0, 0.1) is 0 Å². The molecule has 0 spiro atoms. The molecule has 0 unspecified atom stereocenters. The van der Waals surface area contributed by atoms with Crippen molar-refractivity contribution in [1.29, 1.82) is 0 Å². The first-order valence-corrected chi connectivity index (χ1v) is 4.47. The zero-order valence-electron chi connectivity index (χ0n) is 7.08. The van der Waals surface area contributed by atoms with Gasteiger partial charge in [0.25, 0.3) is 0 Å². The molecule has 1 aliphatic rings. The molecule has 12 heavy (non-hydrogen) atoms. The van der Waals surface area contributed by atoms with Gasteiger partial charge in [-0.3, -0.25) is 11.3 Å². The number of likely N-dealkylation sites (N-methyl/N-ethyl adjacent to an activating group) is 1. The predicted molar refractivity (Wildman–Crippen MR) is 53.9 cm³/mol. The number of allylic oxidation sites excluding steroid dienone is 3. The lowest BCUT2D eigenvalue weighted by Crippen LogP contribution is -2.28. The quantitative estimate of drug-likeness (QED) is 0.381. The van der Waals surface area contributed by atoms with E-state index in [1.807, 2.05) is 24.6 Å². The Kier molecular flexibility index (Phi) is 3.40. The number of hydrazine groups is 1. The molecule has 3 nitrogen and oxygen atoms in total. The van der Waals surface area contributed by atoms with E-state index in [9.17, 15) is 0 Å². The van der Waals surface area contributed by atoms with Crippen LogP contribution in [0.3, 0.4) is 0 Å². The van der Waals surface area contributed by atoms with Crippen LogP contribution >= 0.6 is 11.9 Å². The summed E-state index contributed by atoms with van der Waals surface area (Å²) in [7, 11) is 2.00. The van der Waals surface area contributed by atoms with Gasteiger partial charge in [-0.2, -0.15) is 0 Å². The Labute approximate surface area is 77.1 Å². The van der Waals surface area contributed by atoms with Crippen LogP contribution in [0.5, 0.6) is 0 Å². The highest BCUT2D eigenvalue weighted by Gasteiger charge is 2.05. The van der Waals surface area contributed by atoms with Crippen molar-refractivity contribution in [2.24, 2.45) is 5.84 Å². The fourth-order valence-electron chi connectivity index (χ4n) is 0.897. The van der Waals surface area contributed by atoms with Gasteiger partial charge in [0.15, 0.2) is 0 Å². The molecule has 1 heterocycles. The topological polar surface area (TPSA) is 41.3 Å². The van der Waals surface area contributed by atoms with E-state index >= 15 is 0 Å². The van der Waals surface area contributed by atoms with Crippen molar-refractivity contribution in [3.8, 4) is 0 Å². The first-order valence-electron chi connectivity index (χ1n) is 3.64. The van der Waals surface area contributed by atoms with Crippen LogP contribution in [-0.4, -0.2) is 17.9 Å². The Balaban J connectivity index is 2.74. The van der Waals surface area contributed by atoms with Gasteiger partial charge in [-0.25, -0.2) is 0 Å². The maximum absolute atomic E-state index is 5.24. The Morgan fingerprint density at radius 3 is 3.17 bits per heavy atom. The van der Waals surface area contributed by atoms with Crippen LogP contribution in [0.1, 0.15) is 0 Å². The molecule has 0 atom stereocenters.